The van der Waals surface area contributed by atoms with Gasteiger partial charge in [0.2, 0.25) is 0 Å². The molecule has 5 nitrogen and oxygen atoms in total. The predicted octanol–water partition coefficient (Wildman–Crippen LogP) is 1.64. The molecule has 2 aliphatic heterocycles. The number of rotatable bonds is 1. The smallest absolute Gasteiger partial charge is 0.312 e. The van der Waals surface area contributed by atoms with E-state index < -0.39 is 5.54 Å². The zero-order valence-electron chi connectivity index (χ0n) is 11.7. The van der Waals surface area contributed by atoms with Gasteiger partial charge in [0.25, 0.3) is 5.91 Å². The molecule has 3 amide bonds. The molecule has 3 rings (SSSR count). The van der Waals surface area contributed by atoms with Crippen molar-refractivity contribution in [3.8, 4) is 0 Å². The third kappa shape index (κ3) is 1.89. The summed E-state index contributed by atoms with van der Waals surface area (Å²) in [7, 11) is 0. The SMILES string of the molecule is C[C@@H]1CC2(C[C@H](C)N1)C(=O)NC(=O)N2c1ccccc1. The lowest BCUT2D eigenvalue weighted by Crippen LogP contribution is -2.61. The molecule has 1 spiro atoms. The number of carbonyl (C=O) groups excluding carboxylic acids is 2. The predicted molar refractivity (Wildman–Crippen MR) is 76.5 cm³/mol. The van der Waals surface area contributed by atoms with Gasteiger partial charge in [-0.05, 0) is 38.8 Å². The minimum absolute atomic E-state index is 0.174. The molecule has 1 aromatic rings. The Morgan fingerprint density at radius 1 is 1.10 bits per heavy atom. The highest BCUT2D eigenvalue weighted by molar-refractivity contribution is 6.17. The molecule has 0 radical (unpaired) electrons. The van der Waals surface area contributed by atoms with Crippen molar-refractivity contribution >= 4 is 17.6 Å². The molecule has 0 saturated carbocycles. The second-order valence-electron chi connectivity index (χ2n) is 5.84. The van der Waals surface area contributed by atoms with E-state index in [1.807, 2.05) is 30.3 Å². The molecule has 2 saturated heterocycles. The first-order chi connectivity index (χ1) is 9.53. The monoisotopic (exact) mass is 273 g/mol. The molecule has 2 fully saturated rings. The van der Waals surface area contributed by atoms with Crippen molar-refractivity contribution in [3.63, 3.8) is 0 Å². The van der Waals surface area contributed by atoms with Crippen LogP contribution in [-0.4, -0.2) is 29.6 Å². The highest BCUT2D eigenvalue weighted by atomic mass is 16.2. The van der Waals surface area contributed by atoms with Crippen LogP contribution in [0.4, 0.5) is 10.5 Å². The molecule has 2 aliphatic rings. The largest absolute Gasteiger partial charge is 0.329 e. The van der Waals surface area contributed by atoms with Crippen LogP contribution in [0.1, 0.15) is 26.7 Å². The Hall–Kier alpha value is -1.88. The lowest BCUT2D eigenvalue weighted by atomic mass is 9.80. The summed E-state index contributed by atoms with van der Waals surface area (Å²) in [6.07, 6.45) is 1.26. The first kappa shape index (κ1) is 13.1. The molecule has 2 heterocycles. The molecule has 20 heavy (non-hydrogen) atoms. The summed E-state index contributed by atoms with van der Waals surface area (Å²) in [6, 6.07) is 9.49. The summed E-state index contributed by atoms with van der Waals surface area (Å²) in [4.78, 5) is 26.3. The Labute approximate surface area is 118 Å². The van der Waals surface area contributed by atoms with Crippen molar-refractivity contribution in [1.82, 2.24) is 10.6 Å². The number of nitrogens with one attached hydrogen (secondary N) is 2. The fourth-order valence-corrected chi connectivity index (χ4v) is 3.57. The van der Waals surface area contributed by atoms with Crippen LogP contribution in [0.5, 0.6) is 0 Å². The van der Waals surface area contributed by atoms with E-state index in [-0.39, 0.29) is 24.0 Å². The number of carbonyl (C=O) groups is 2. The molecule has 3 atom stereocenters. The average molecular weight is 273 g/mol. The van der Waals surface area contributed by atoms with Crippen LogP contribution in [0.3, 0.4) is 0 Å². The van der Waals surface area contributed by atoms with Crippen molar-refractivity contribution in [2.45, 2.75) is 44.3 Å². The minimum Gasteiger partial charge on any atom is -0.312 e. The van der Waals surface area contributed by atoms with Crippen LogP contribution >= 0.6 is 0 Å². The van der Waals surface area contributed by atoms with Gasteiger partial charge < -0.3 is 5.32 Å². The number of imide groups is 1. The van der Waals surface area contributed by atoms with Gasteiger partial charge in [-0.1, -0.05) is 18.2 Å². The Balaban J connectivity index is 2.06. The number of anilines is 1. The lowest BCUT2D eigenvalue weighted by Gasteiger charge is -2.43. The number of piperidine rings is 1. The highest BCUT2D eigenvalue weighted by Gasteiger charge is 2.56. The molecule has 0 aromatic heterocycles. The molecule has 1 aromatic carbocycles. The minimum atomic E-state index is -0.761. The summed E-state index contributed by atoms with van der Waals surface area (Å²) in [5, 5.41) is 5.91. The second-order valence-corrected chi connectivity index (χ2v) is 5.84. The summed E-state index contributed by atoms with van der Waals surface area (Å²) < 4.78 is 0. The number of nitrogens with zero attached hydrogens (tertiary/aromatic N) is 1. The van der Waals surface area contributed by atoms with E-state index in [0.717, 1.165) is 5.69 Å². The number of benzene rings is 1. The first-order valence-electron chi connectivity index (χ1n) is 7.00. The maximum atomic E-state index is 12.4. The van der Waals surface area contributed by atoms with Crippen LogP contribution < -0.4 is 15.5 Å². The summed E-state index contributed by atoms with van der Waals surface area (Å²) in [6.45, 7) is 4.10. The van der Waals surface area contributed by atoms with Crippen LogP contribution in [0.2, 0.25) is 0 Å². The van der Waals surface area contributed by atoms with Crippen molar-refractivity contribution in [3.05, 3.63) is 30.3 Å². The molecule has 0 aliphatic carbocycles. The number of urea groups is 1. The van der Waals surface area contributed by atoms with Crippen molar-refractivity contribution < 1.29 is 9.59 Å². The third-order valence-corrected chi connectivity index (χ3v) is 4.15. The highest BCUT2D eigenvalue weighted by Crippen LogP contribution is 2.38. The Morgan fingerprint density at radius 3 is 2.30 bits per heavy atom. The van der Waals surface area contributed by atoms with Gasteiger partial charge in [0.15, 0.2) is 0 Å². The van der Waals surface area contributed by atoms with Gasteiger partial charge in [-0.2, -0.15) is 0 Å². The van der Waals surface area contributed by atoms with Crippen LogP contribution in [0.15, 0.2) is 30.3 Å². The van der Waals surface area contributed by atoms with Gasteiger partial charge in [-0.15, -0.1) is 0 Å². The van der Waals surface area contributed by atoms with Crippen molar-refractivity contribution in [2.24, 2.45) is 0 Å². The van der Waals surface area contributed by atoms with Gasteiger partial charge in [-0.3, -0.25) is 15.0 Å². The van der Waals surface area contributed by atoms with Crippen LogP contribution in [-0.2, 0) is 4.79 Å². The lowest BCUT2D eigenvalue weighted by molar-refractivity contribution is -0.124. The first-order valence-corrected chi connectivity index (χ1v) is 7.00. The maximum absolute atomic E-state index is 12.4. The normalized spacial score (nSPS) is 33.6. The van der Waals surface area contributed by atoms with Gasteiger partial charge >= 0.3 is 6.03 Å². The van der Waals surface area contributed by atoms with E-state index in [1.165, 1.54) is 0 Å². The van der Waals surface area contributed by atoms with E-state index >= 15 is 0 Å². The van der Waals surface area contributed by atoms with E-state index in [2.05, 4.69) is 24.5 Å². The van der Waals surface area contributed by atoms with Crippen LogP contribution in [0.25, 0.3) is 0 Å². The molecule has 106 valence electrons. The van der Waals surface area contributed by atoms with E-state index in [1.54, 1.807) is 4.90 Å². The molecule has 0 bridgehead atoms. The van der Waals surface area contributed by atoms with Gasteiger partial charge in [0.05, 0.1) is 0 Å². The quantitative estimate of drug-likeness (QED) is 0.765. The number of hydrogen-bond donors (Lipinski definition) is 2. The number of para-hydroxylation sites is 1. The van der Waals surface area contributed by atoms with Crippen molar-refractivity contribution in [1.29, 1.82) is 0 Å². The number of hydrogen-bond acceptors (Lipinski definition) is 3. The maximum Gasteiger partial charge on any atom is 0.329 e. The van der Waals surface area contributed by atoms with Gasteiger partial charge in [0.1, 0.15) is 5.54 Å². The summed E-state index contributed by atoms with van der Waals surface area (Å²) in [5.41, 5.74) is 0.0138. The Kier molecular flexibility index (Phi) is 3.01. The molecule has 2 N–H and O–H groups in total. The average Bonchev–Trinajstić information content (AvgIpc) is 2.60. The molecule has 5 heteroatoms. The molecule has 1 unspecified atom stereocenters. The second kappa shape index (κ2) is 4.59. The molecular formula is C15H19N3O2. The Morgan fingerprint density at radius 2 is 1.70 bits per heavy atom. The van der Waals surface area contributed by atoms with Crippen molar-refractivity contribution in [2.75, 3.05) is 4.90 Å². The van der Waals surface area contributed by atoms with Gasteiger partial charge in [-0.25, -0.2) is 4.79 Å². The summed E-state index contributed by atoms with van der Waals surface area (Å²) in [5.74, 6) is -0.174. The fraction of sp³-hybridized carbons (Fsp3) is 0.467. The summed E-state index contributed by atoms with van der Waals surface area (Å²) >= 11 is 0. The standard InChI is InChI=1S/C15H19N3O2/c1-10-8-15(9-11(2)16-10)13(19)17-14(20)18(15)12-6-4-3-5-7-12/h3-7,10-11,16H,8-9H2,1-2H3,(H,17,19,20)/t10-,11+,15?. The zero-order valence-corrected chi connectivity index (χ0v) is 11.7. The van der Waals surface area contributed by atoms with E-state index in [9.17, 15) is 9.59 Å². The Bertz CT molecular complexity index is 533. The molecular weight excluding hydrogens is 254 g/mol. The number of amides is 3. The zero-order chi connectivity index (χ0) is 14.3. The van der Waals surface area contributed by atoms with E-state index in [0.29, 0.717) is 12.8 Å². The van der Waals surface area contributed by atoms with E-state index in [4.69, 9.17) is 0 Å². The topological polar surface area (TPSA) is 61.4 Å². The fourth-order valence-electron chi connectivity index (χ4n) is 3.57. The third-order valence-electron chi connectivity index (χ3n) is 4.15. The van der Waals surface area contributed by atoms with Gasteiger partial charge in [0, 0.05) is 17.8 Å². The van der Waals surface area contributed by atoms with Crippen LogP contribution in [0, 0.1) is 0 Å².